The maximum absolute atomic E-state index is 13.2. The molecule has 1 aliphatic rings. The van der Waals surface area contributed by atoms with Gasteiger partial charge in [0.05, 0.1) is 12.6 Å². The van der Waals surface area contributed by atoms with Crippen molar-refractivity contribution in [2.45, 2.75) is 13.0 Å². The van der Waals surface area contributed by atoms with E-state index in [-0.39, 0.29) is 36.6 Å². The van der Waals surface area contributed by atoms with E-state index in [0.717, 1.165) is 11.3 Å². The summed E-state index contributed by atoms with van der Waals surface area (Å²) in [4.78, 5) is 25.8. The number of nitrogens with zero attached hydrogens (tertiary/aromatic N) is 1. The highest BCUT2D eigenvalue weighted by Crippen LogP contribution is 2.19. The van der Waals surface area contributed by atoms with E-state index in [1.807, 2.05) is 31.2 Å². The van der Waals surface area contributed by atoms with Crippen molar-refractivity contribution in [1.29, 1.82) is 0 Å². The van der Waals surface area contributed by atoms with Crippen molar-refractivity contribution < 1.29 is 18.7 Å². The number of anilines is 1. The number of nitrogens with one attached hydrogen (secondary N) is 1. The Morgan fingerprint density at radius 2 is 2.04 bits per heavy atom. The van der Waals surface area contributed by atoms with Crippen LogP contribution in [0.1, 0.15) is 15.9 Å². The number of ether oxygens (including phenoxy) is 1. The number of halogens is 1. The van der Waals surface area contributed by atoms with Gasteiger partial charge in [0.2, 0.25) is 0 Å². The molecular formula is C19H19FN2O3. The van der Waals surface area contributed by atoms with Crippen LogP contribution in [0.2, 0.25) is 0 Å². The molecular weight excluding hydrogens is 323 g/mol. The fourth-order valence-corrected chi connectivity index (χ4v) is 2.66. The molecule has 1 saturated heterocycles. The Morgan fingerprint density at radius 3 is 2.76 bits per heavy atom. The predicted octanol–water partition coefficient (Wildman–Crippen LogP) is 2.30. The van der Waals surface area contributed by atoms with Crippen LogP contribution in [-0.4, -0.2) is 37.6 Å². The first kappa shape index (κ1) is 17.1. The van der Waals surface area contributed by atoms with Crippen molar-refractivity contribution >= 4 is 17.5 Å². The van der Waals surface area contributed by atoms with E-state index in [9.17, 15) is 14.0 Å². The van der Waals surface area contributed by atoms with Gasteiger partial charge in [-0.2, -0.15) is 0 Å². The fraction of sp³-hybridized carbons (Fsp3) is 0.263. The van der Waals surface area contributed by atoms with Gasteiger partial charge in [-0.15, -0.1) is 0 Å². The summed E-state index contributed by atoms with van der Waals surface area (Å²) in [6, 6.07) is 13.2. The summed E-state index contributed by atoms with van der Waals surface area (Å²) in [5, 5.41) is 2.72. The molecule has 0 spiro atoms. The van der Waals surface area contributed by atoms with Gasteiger partial charge >= 0.3 is 0 Å². The largest absolute Gasteiger partial charge is 0.365 e. The van der Waals surface area contributed by atoms with Gasteiger partial charge in [-0.1, -0.05) is 23.8 Å². The Balaban J connectivity index is 1.61. The molecule has 25 heavy (non-hydrogen) atoms. The molecule has 1 N–H and O–H groups in total. The van der Waals surface area contributed by atoms with E-state index >= 15 is 0 Å². The fourth-order valence-electron chi connectivity index (χ4n) is 2.66. The third kappa shape index (κ3) is 4.22. The summed E-state index contributed by atoms with van der Waals surface area (Å²) in [7, 11) is 0. The quantitative estimate of drug-likeness (QED) is 0.927. The molecule has 130 valence electrons. The van der Waals surface area contributed by atoms with Gasteiger partial charge < -0.3 is 15.0 Å². The van der Waals surface area contributed by atoms with Crippen LogP contribution in [0.5, 0.6) is 0 Å². The minimum atomic E-state index is -0.460. The van der Waals surface area contributed by atoms with Gasteiger partial charge in [0, 0.05) is 17.8 Å². The topological polar surface area (TPSA) is 58.6 Å². The molecule has 1 fully saturated rings. The zero-order chi connectivity index (χ0) is 17.8. The van der Waals surface area contributed by atoms with E-state index in [0.29, 0.717) is 6.54 Å². The van der Waals surface area contributed by atoms with Crippen molar-refractivity contribution in [3.63, 3.8) is 0 Å². The van der Waals surface area contributed by atoms with Crippen LogP contribution < -0.4 is 10.2 Å². The Kier molecular flexibility index (Phi) is 5.09. The summed E-state index contributed by atoms with van der Waals surface area (Å²) >= 11 is 0. The lowest BCUT2D eigenvalue weighted by Gasteiger charge is -2.33. The van der Waals surface area contributed by atoms with Crippen LogP contribution in [0.15, 0.2) is 48.5 Å². The Labute approximate surface area is 145 Å². The average Bonchev–Trinajstić information content (AvgIpc) is 2.61. The number of aryl methyl sites for hydroxylation is 1. The lowest BCUT2D eigenvalue weighted by molar-refractivity contribution is -0.129. The second-order valence-corrected chi connectivity index (χ2v) is 5.99. The minimum absolute atomic E-state index is 0.0334. The van der Waals surface area contributed by atoms with E-state index in [1.54, 1.807) is 11.0 Å². The Bertz CT molecular complexity index is 776. The monoisotopic (exact) mass is 342 g/mol. The standard InChI is InChI=1S/C19H19FN2O3/c1-13-5-7-16(8-6-13)22-11-17(25-12-18(22)23)10-21-19(24)14-3-2-4-15(20)9-14/h2-9,17H,10-12H2,1H3,(H,21,24). The van der Waals surface area contributed by atoms with Crippen molar-refractivity contribution in [1.82, 2.24) is 5.32 Å². The number of carbonyl (C=O) groups excluding carboxylic acids is 2. The van der Waals surface area contributed by atoms with Crippen molar-refractivity contribution in [3.8, 4) is 0 Å². The van der Waals surface area contributed by atoms with E-state index < -0.39 is 5.82 Å². The number of benzene rings is 2. The van der Waals surface area contributed by atoms with E-state index in [4.69, 9.17) is 4.74 Å². The van der Waals surface area contributed by atoms with Gasteiger partial charge in [-0.3, -0.25) is 9.59 Å². The zero-order valence-corrected chi connectivity index (χ0v) is 13.9. The van der Waals surface area contributed by atoms with Crippen molar-refractivity contribution in [3.05, 3.63) is 65.5 Å². The molecule has 1 atom stereocenters. The first-order valence-corrected chi connectivity index (χ1v) is 8.05. The molecule has 1 aliphatic heterocycles. The van der Waals surface area contributed by atoms with Crippen LogP contribution in [0, 0.1) is 12.7 Å². The average molecular weight is 342 g/mol. The molecule has 5 nitrogen and oxygen atoms in total. The Hall–Kier alpha value is -2.73. The predicted molar refractivity (Wildman–Crippen MR) is 92.0 cm³/mol. The molecule has 1 heterocycles. The molecule has 0 aromatic heterocycles. The summed E-state index contributed by atoms with van der Waals surface area (Å²) in [5.74, 6) is -0.948. The van der Waals surface area contributed by atoms with Crippen LogP contribution in [-0.2, 0) is 9.53 Å². The summed E-state index contributed by atoms with van der Waals surface area (Å²) in [6.07, 6.45) is -0.323. The van der Waals surface area contributed by atoms with E-state index in [2.05, 4.69) is 5.32 Å². The van der Waals surface area contributed by atoms with E-state index in [1.165, 1.54) is 18.2 Å². The minimum Gasteiger partial charge on any atom is -0.365 e. The number of morpholine rings is 1. The molecule has 0 bridgehead atoms. The van der Waals surface area contributed by atoms with Gasteiger partial charge in [0.25, 0.3) is 11.8 Å². The van der Waals surface area contributed by atoms with Crippen molar-refractivity contribution in [2.24, 2.45) is 0 Å². The number of carbonyl (C=O) groups is 2. The molecule has 0 aliphatic carbocycles. The highest BCUT2D eigenvalue weighted by molar-refractivity contribution is 5.95. The summed E-state index contributed by atoms with van der Waals surface area (Å²) in [6.45, 7) is 2.54. The molecule has 0 saturated carbocycles. The number of hydrogen-bond acceptors (Lipinski definition) is 3. The lowest BCUT2D eigenvalue weighted by Crippen LogP contribution is -2.50. The molecule has 2 amide bonds. The third-order valence-electron chi connectivity index (χ3n) is 4.05. The molecule has 2 aromatic rings. The van der Waals surface area contributed by atoms with Crippen molar-refractivity contribution in [2.75, 3.05) is 24.6 Å². The normalized spacial score (nSPS) is 17.4. The van der Waals surface area contributed by atoms with Gasteiger partial charge in [-0.25, -0.2) is 4.39 Å². The molecule has 6 heteroatoms. The van der Waals surface area contributed by atoms with Crippen LogP contribution >= 0.6 is 0 Å². The van der Waals surface area contributed by atoms with Gasteiger partial charge in [-0.05, 0) is 37.3 Å². The smallest absolute Gasteiger partial charge is 0.253 e. The number of rotatable bonds is 4. The van der Waals surface area contributed by atoms with Crippen LogP contribution in [0.3, 0.4) is 0 Å². The summed E-state index contributed by atoms with van der Waals surface area (Å²) in [5.41, 5.74) is 2.17. The second kappa shape index (κ2) is 7.44. The molecule has 0 radical (unpaired) electrons. The highest BCUT2D eigenvalue weighted by Gasteiger charge is 2.27. The van der Waals surface area contributed by atoms with Crippen LogP contribution in [0.4, 0.5) is 10.1 Å². The lowest BCUT2D eigenvalue weighted by atomic mass is 10.1. The maximum Gasteiger partial charge on any atom is 0.253 e. The summed E-state index contributed by atoms with van der Waals surface area (Å²) < 4.78 is 18.7. The zero-order valence-electron chi connectivity index (χ0n) is 13.9. The SMILES string of the molecule is Cc1ccc(N2CC(CNC(=O)c3cccc(F)c3)OCC2=O)cc1. The van der Waals surface area contributed by atoms with Crippen LogP contribution in [0.25, 0.3) is 0 Å². The first-order chi connectivity index (χ1) is 12.0. The maximum atomic E-state index is 13.2. The van der Waals surface area contributed by atoms with Gasteiger partial charge in [0.1, 0.15) is 12.4 Å². The molecule has 2 aromatic carbocycles. The number of hydrogen-bond donors (Lipinski definition) is 1. The van der Waals surface area contributed by atoms with Gasteiger partial charge in [0.15, 0.2) is 0 Å². The first-order valence-electron chi connectivity index (χ1n) is 8.05. The third-order valence-corrected chi connectivity index (χ3v) is 4.05. The number of amides is 2. The highest BCUT2D eigenvalue weighted by atomic mass is 19.1. The Morgan fingerprint density at radius 1 is 1.28 bits per heavy atom. The second-order valence-electron chi connectivity index (χ2n) is 5.99. The molecule has 3 rings (SSSR count). The molecule has 1 unspecified atom stereocenters.